The second-order valence-electron chi connectivity index (χ2n) is 9.33. The van der Waals surface area contributed by atoms with E-state index < -0.39 is 17.7 Å². The molecule has 37 heavy (non-hydrogen) atoms. The number of likely N-dealkylation sites (tertiary alicyclic amines) is 1. The number of Topliss-reactive ketones (excluding diaryl/α,β-unsaturated/α-hetero) is 1. The van der Waals surface area contributed by atoms with Crippen molar-refractivity contribution in [2.45, 2.75) is 19.6 Å². The fourth-order valence-corrected chi connectivity index (χ4v) is 4.46. The molecule has 1 fully saturated rings. The number of hydrogen-bond acceptors (Lipinski definition) is 6. The third kappa shape index (κ3) is 5.67. The molecule has 7 nitrogen and oxygen atoms in total. The summed E-state index contributed by atoms with van der Waals surface area (Å²) in [7, 11) is 5.39. The summed E-state index contributed by atoms with van der Waals surface area (Å²) < 4.78 is 11.3. The minimum atomic E-state index is -0.748. The minimum Gasteiger partial charge on any atom is -0.507 e. The van der Waals surface area contributed by atoms with E-state index in [2.05, 4.69) is 0 Å². The molecule has 1 saturated heterocycles. The van der Waals surface area contributed by atoms with Crippen molar-refractivity contribution in [2.75, 3.05) is 34.3 Å². The number of aliphatic hydroxyl groups excluding tert-OH is 1. The normalized spacial score (nSPS) is 16.9. The Bertz CT molecular complexity index is 1320. The quantitative estimate of drug-likeness (QED) is 0.264. The molecule has 3 aromatic carbocycles. The van der Waals surface area contributed by atoms with Gasteiger partial charge in [-0.05, 0) is 68.0 Å². The molecule has 0 bridgehead atoms. The Hall–Kier alpha value is -4.10. The van der Waals surface area contributed by atoms with Gasteiger partial charge in [-0.2, -0.15) is 0 Å². The highest BCUT2D eigenvalue weighted by Gasteiger charge is 2.46. The summed E-state index contributed by atoms with van der Waals surface area (Å²) in [5.74, 6) is -0.265. The largest absolute Gasteiger partial charge is 0.507 e. The first kappa shape index (κ1) is 26.0. The lowest BCUT2D eigenvalue weighted by atomic mass is 9.94. The third-order valence-corrected chi connectivity index (χ3v) is 6.42. The number of likely N-dealkylation sites (N-methyl/N-ethyl adjacent to an activating group) is 1. The molecule has 192 valence electrons. The van der Waals surface area contributed by atoms with Crippen LogP contribution in [0, 0.1) is 6.92 Å². The third-order valence-electron chi connectivity index (χ3n) is 6.42. The first-order valence-electron chi connectivity index (χ1n) is 12.1. The van der Waals surface area contributed by atoms with Crippen molar-refractivity contribution in [3.8, 4) is 11.5 Å². The van der Waals surface area contributed by atoms with Crippen molar-refractivity contribution in [1.29, 1.82) is 0 Å². The molecule has 0 aromatic heterocycles. The molecular weight excluding hydrogens is 468 g/mol. The summed E-state index contributed by atoms with van der Waals surface area (Å²) >= 11 is 0. The highest BCUT2D eigenvalue weighted by atomic mass is 16.5. The minimum absolute atomic E-state index is 0.0635. The maximum Gasteiger partial charge on any atom is 0.295 e. The Morgan fingerprint density at radius 1 is 1.00 bits per heavy atom. The van der Waals surface area contributed by atoms with Crippen molar-refractivity contribution < 1.29 is 24.2 Å². The molecule has 7 heteroatoms. The van der Waals surface area contributed by atoms with E-state index in [9.17, 15) is 14.7 Å². The van der Waals surface area contributed by atoms with Crippen LogP contribution in [0.3, 0.4) is 0 Å². The predicted molar refractivity (Wildman–Crippen MR) is 143 cm³/mol. The molecule has 1 unspecified atom stereocenters. The van der Waals surface area contributed by atoms with Crippen molar-refractivity contribution >= 4 is 17.4 Å². The summed E-state index contributed by atoms with van der Waals surface area (Å²) in [6.07, 6.45) is 0. The molecule has 1 aliphatic rings. The number of nitrogens with zero attached hydrogens (tertiary/aromatic N) is 2. The molecule has 0 saturated carbocycles. The van der Waals surface area contributed by atoms with Crippen LogP contribution >= 0.6 is 0 Å². The topological polar surface area (TPSA) is 79.3 Å². The van der Waals surface area contributed by atoms with E-state index in [1.807, 2.05) is 80.5 Å². The van der Waals surface area contributed by atoms with Gasteiger partial charge in [0, 0.05) is 18.7 Å². The smallest absolute Gasteiger partial charge is 0.295 e. The Morgan fingerprint density at radius 2 is 1.76 bits per heavy atom. The van der Waals surface area contributed by atoms with Crippen LogP contribution in [-0.4, -0.2) is 60.9 Å². The SMILES string of the molecule is COc1ccc(/C(O)=C2\C(=O)C(=O)N(CCN(C)C)C2c2cccc(OCc3ccccc3)c2)cc1C. The number of carbonyl (C=O) groups excluding carboxylic acids is 2. The molecule has 0 radical (unpaired) electrons. The lowest BCUT2D eigenvalue weighted by Gasteiger charge is -2.27. The zero-order chi connectivity index (χ0) is 26.5. The van der Waals surface area contributed by atoms with E-state index >= 15 is 0 Å². The van der Waals surface area contributed by atoms with Gasteiger partial charge in [-0.3, -0.25) is 9.59 Å². The Morgan fingerprint density at radius 3 is 2.43 bits per heavy atom. The second-order valence-corrected chi connectivity index (χ2v) is 9.33. The van der Waals surface area contributed by atoms with Gasteiger partial charge < -0.3 is 24.4 Å². The summed E-state index contributed by atoms with van der Waals surface area (Å²) in [5.41, 5.74) is 3.04. The monoisotopic (exact) mass is 500 g/mol. The van der Waals surface area contributed by atoms with Gasteiger partial charge in [-0.1, -0.05) is 42.5 Å². The van der Waals surface area contributed by atoms with Crippen LogP contribution in [0.5, 0.6) is 11.5 Å². The number of methoxy groups -OCH3 is 1. The number of ether oxygens (including phenoxy) is 2. The van der Waals surface area contributed by atoms with E-state index in [-0.39, 0.29) is 11.3 Å². The molecular formula is C30H32N2O5. The fraction of sp³-hybridized carbons (Fsp3) is 0.267. The molecule has 3 aromatic rings. The molecule has 0 aliphatic carbocycles. The number of ketones is 1. The van der Waals surface area contributed by atoms with Gasteiger partial charge >= 0.3 is 0 Å². The number of aryl methyl sites for hydroxylation is 1. The van der Waals surface area contributed by atoms with Gasteiger partial charge in [0.1, 0.15) is 23.9 Å². The lowest BCUT2D eigenvalue weighted by molar-refractivity contribution is -0.140. The van der Waals surface area contributed by atoms with Gasteiger partial charge in [0.05, 0.1) is 18.7 Å². The van der Waals surface area contributed by atoms with Gasteiger partial charge in [0.25, 0.3) is 11.7 Å². The van der Waals surface area contributed by atoms with Gasteiger partial charge in [0.2, 0.25) is 0 Å². The van der Waals surface area contributed by atoms with E-state index in [0.717, 1.165) is 11.1 Å². The molecule has 4 rings (SSSR count). The van der Waals surface area contributed by atoms with E-state index in [1.54, 1.807) is 25.3 Å². The molecule has 0 spiro atoms. The molecule has 1 heterocycles. The first-order valence-corrected chi connectivity index (χ1v) is 12.1. The highest BCUT2D eigenvalue weighted by molar-refractivity contribution is 6.46. The van der Waals surface area contributed by atoms with Gasteiger partial charge in [0.15, 0.2) is 0 Å². The van der Waals surface area contributed by atoms with Crippen LogP contribution in [0.4, 0.5) is 0 Å². The number of rotatable bonds is 9. The Labute approximate surface area is 217 Å². The van der Waals surface area contributed by atoms with Crippen LogP contribution in [0.2, 0.25) is 0 Å². The van der Waals surface area contributed by atoms with Crippen LogP contribution < -0.4 is 9.47 Å². The van der Waals surface area contributed by atoms with Crippen LogP contribution in [0.15, 0.2) is 78.4 Å². The number of hydrogen-bond donors (Lipinski definition) is 1. The lowest BCUT2D eigenvalue weighted by Crippen LogP contribution is -2.35. The summed E-state index contributed by atoms with van der Waals surface area (Å²) in [4.78, 5) is 29.9. The van der Waals surface area contributed by atoms with Crippen LogP contribution in [-0.2, 0) is 16.2 Å². The predicted octanol–water partition coefficient (Wildman–Crippen LogP) is 4.57. The Kier molecular flexibility index (Phi) is 7.94. The highest BCUT2D eigenvalue weighted by Crippen LogP contribution is 2.40. The fourth-order valence-electron chi connectivity index (χ4n) is 4.46. The first-order chi connectivity index (χ1) is 17.8. The van der Waals surface area contributed by atoms with Crippen LogP contribution in [0.1, 0.15) is 28.3 Å². The summed E-state index contributed by atoms with van der Waals surface area (Å²) in [5, 5.41) is 11.3. The molecule has 1 atom stereocenters. The van der Waals surface area contributed by atoms with E-state index in [1.165, 1.54) is 4.90 Å². The van der Waals surface area contributed by atoms with Crippen molar-refractivity contribution in [3.05, 3.63) is 101 Å². The number of carbonyl (C=O) groups is 2. The zero-order valence-electron chi connectivity index (χ0n) is 21.6. The second kappa shape index (κ2) is 11.3. The van der Waals surface area contributed by atoms with Crippen molar-refractivity contribution in [2.24, 2.45) is 0 Å². The van der Waals surface area contributed by atoms with Gasteiger partial charge in [-0.15, -0.1) is 0 Å². The maximum atomic E-state index is 13.3. The van der Waals surface area contributed by atoms with Crippen molar-refractivity contribution in [3.63, 3.8) is 0 Å². The average Bonchev–Trinajstić information content (AvgIpc) is 3.16. The molecule has 1 N–H and O–H groups in total. The Balaban J connectivity index is 1.75. The van der Waals surface area contributed by atoms with E-state index in [0.29, 0.717) is 42.3 Å². The molecule has 1 aliphatic heterocycles. The summed E-state index contributed by atoms with van der Waals surface area (Å²) in [6, 6.07) is 21.6. The molecule has 1 amide bonds. The average molecular weight is 501 g/mol. The summed E-state index contributed by atoms with van der Waals surface area (Å²) in [6.45, 7) is 3.14. The van der Waals surface area contributed by atoms with Crippen molar-refractivity contribution in [1.82, 2.24) is 9.80 Å². The number of aliphatic hydroxyl groups is 1. The number of benzene rings is 3. The standard InChI is InChI=1S/C30H32N2O5/c1-20-17-23(13-14-25(20)36-4)28(33)26-27(32(16-15-31(2)3)30(35)29(26)34)22-11-8-12-24(18-22)37-19-21-9-6-5-7-10-21/h5-14,17-18,27,33H,15-16,19H2,1-4H3/b28-26+. The van der Waals surface area contributed by atoms with Crippen LogP contribution in [0.25, 0.3) is 5.76 Å². The number of amides is 1. The maximum absolute atomic E-state index is 13.3. The van der Waals surface area contributed by atoms with E-state index in [4.69, 9.17) is 9.47 Å². The zero-order valence-corrected chi connectivity index (χ0v) is 21.6. The van der Waals surface area contributed by atoms with Gasteiger partial charge in [-0.25, -0.2) is 0 Å².